The van der Waals surface area contributed by atoms with E-state index in [0.29, 0.717) is 18.7 Å². The van der Waals surface area contributed by atoms with E-state index in [2.05, 4.69) is 0 Å². The first-order valence-corrected chi connectivity index (χ1v) is 7.50. The highest BCUT2D eigenvalue weighted by Crippen LogP contribution is 2.29. The highest BCUT2D eigenvalue weighted by atomic mass is 16.4. The monoisotopic (exact) mass is 302 g/mol. The number of carbonyl (C=O) groups is 3. The number of hydrogen-bond donors (Lipinski definition) is 1. The van der Waals surface area contributed by atoms with E-state index in [1.165, 1.54) is 4.90 Å². The van der Waals surface area contributed by atoms with Crippen molar-refractivity contribution in [3.63, 3.8) is 0 Å². The molecule has 116 valence electrons. The molecule has 6 heteroatoms. The van der Waals surface area contributed by atoms with Gasteiger partial charge in [-0.2, -0.15) is 0 Å². The first kappa shape index (κ1) is 14.6. The van der Waals surface area contributed by atoms with Crippen LogP contribution in [0.25, 0.3) is 0 Å². The van der Waals surface area contributed by atoms with Crippen LogP contribution >= 0.6 is 0 Å². The van der Waals surface area contributed by atoms with Gasteiger partial charge in [0.25, 0.3) is 0 Å². The first-order valence-electron chi connectivity index (χ1n) is 7.50. The molecular formula is C16H18N2O4. The summed E-state index contributed by atoms with van der Waals surface area (Å²) in [4.78, 5) is 38.3. The average Bonchev–Trinajstić information content (AvgIpc) is 2.90. The van der Waals surface area contributed by atoms with Crippen molar-refractivity contribution in [1.29, 1.82) is 0 Å². The van der Waals surface area contributed by atoms with Crippen LogP contribution in [-0.2, 0) is 14.4 Å². The normalized spacial score (nSPS) is 22.3. The summed E-state index contributed by atoms with van der Waals surface area (Å²) in [5.41, 5.74) is 1.43. The highest BCUT2D eigenvalue weighted by molar-refractivity contribution is 6.00. The number of benzene rings is 1. The van der Waals surface area contributed by atoms with E-state index in [-0.39, 0.29) is 24.8 Å². The lowest BCUT2D eigenvalue weighted by molar-refractivity contribution is -0.141. The highest BCUT2D eigenvalue weighted by Gasteiger charge is 2.35. The van der Waals surface area contributed by atoms with Crippen LogP contribution in [-0.4, -0.2) is 36.0 Å². The van der Waals surface area contributed by atoms with Gasteiger partial charge in [0.15, 0.2) is 0 Å². The zero-order valence-corrected chi connectivity index (χ0v) is 12.2. The van der Waals surface area contributed by atoms with E-state index in [9.17, 15) is 14.4 Å². The topological polar surface area (TPSA) is 77.9 Å². The van der Waals surface area contributed by atoms with Gasteiger partial charge in [0.05, 0.1) is 5.92 Å². The molecule has 22 heavy (non-hydrogen) atoms. The SMILES string of the molecule is O=C(O)C1CC(=O)N(c2cccc(N3CCCCC3=O)c2)C1. The van der Waals surface area contributed by atoms with Crippen molar-refractivity contribution < 1.29 is 19.5 Å². The number of carboxylic acid groups (broad SMARTS) is 1. The molecule has 6 nitrogen and oxygen atoms in total. The summed E-state index contributed by atoms with van der Waals surface area (Å²) in [7, 11) is 0. The van der Waals surface area contributed by atoms with Crippen LogP contribution in [0, 0.1) is 5.92 Å². The van der Waals surface area contributed by atoms with Gasteiger partial charge in [0.2, 0.25) is 11.8 Å². The fraction of sp³-hybridized carbons (Fsp3) is 0.438. The molecule has 0 radical (unpaired) electrons. The smallest absolute Gasteiger partial charge is 0.308 e. The minimum absolute atomic E-state index is 0.0300. The molecule has 1 unspecified atom stereocenters. The summed E-state index contributed by atoms with van der Waals surface area (Å²) in [5.74, 6) is -1.69. The number of piperidine rings is 1. The zero-order valence-electron chi connectivity index (χ0n) is 12.2. The Morgan fingerprint density at radius 1 is 1.09 bits per heavy atom. The summed E-state index contributed by atoms with van der Waals surface area (Å²) in [5, 5.41) is 9.06. The third kappa shape index (κ3) is 2.68. The third-order valence-electron chi connectivity index (χ3n) is 4.25. The fourth-order valence-electron chi connectivity index (χ4n) is 3.03. The van der Waals surface area contributed by atoms with Crippen LogP contribution in [0.4, 0.5) is 11.4 Å². The van der Waals surface area contributed by atoms with Gasteiger partial charge in [-0.1, -0.05) is 6.07 Å². The molecule has 0 bridgehead atoms. The number of nitrogens with zero attached hydrogens (tertiary/aromatic N) is 2. The van der Waals surface area contributed by atoms with E-state index in [4.69, 9.17) is 5.11 Å². The Morgan fingerprint density at radius 2 is 1.82 bits per heavy atom. The molecule has 1 aromatic rings. The maximum absolute atomic E-state index is 12.0. The summed E-state index contributed by atoms with van der Waals surface area (Å²) in [6.07, 6.45) is 2.47. The van der Waals surface area contributed by atoms with Gasteiger partial charge in [-0.3, -0.25) is 14.4 Å². The number of anilines is 2. The molecular weight excluding hydrogens is 284 g/mol. The minimum atomic E-state index is -0.946. The Labute approximate surface area is 128 Å². The maximum atomic E-state index is 12.0. The summed E-state index contributed by atoms with van der Waals surface area (Å²) in [6.45, 7) is 0.875. The van der Waals surface area contributed by atoms with E-state index in [1.54, 1.807) is 23.1 Å². The second kappa shape index (κ2) is 5.79. The third-order valence-corrected chi connectivity index (χ3v) is 4.25. The van der Waals surface area contributed by atoms with E-state index in [1.807, 2.05) is 6.07 Å². The Balaban J connectivity index is 1.84. The van der Waals surface area contributed by atoms with Gasteiger partial charge < -0.3 is 14.9 Å². The van der Waals surface area contributed by atoms with Crippen LogP contribution in [0.2, 0.25) is 0 Å². The van der Waals surface area contributed by atoms with Gasteiger partial charge in [-0.15, -0.1) is 0 Å². The van der Waals surface area contributed by atoms with Gasteiger partial charge in [0.1, 0.15) is 0 Å². The lowest BCUT2D eigenvalue weighted by Gasteiger charge is -2.28. The second-order valence-electron chi connectivity index (χ2n) is 5.77. The summed E-state index contributed by atoms with van der Waals surface area (Å²) >= 11 is 0. The Hall–Kier alpha value is -2.37. The first-order chi connectivity index (χ1) is 10.6. The maximum Gasteiger partial charge on any atom is 0.308 e. The molecule has 2 aliphatic rings. The second-order valence-corrected chi connectivity index (χ2v) is 5.77. The molecule has 2 amide bonds. The molecule has 0 aromatic heterocycles. The molecule has 3 rings (SSSR count). The fourth-order valence-corrected chi connectivity index (χ4v) is 3.03. The van der Waals surface area contributed by atoms with E-state index < -0.39 is 11.9 Å². The lowest BCUT2D eigenvalue weighted by Crippen LogP contribution is -2.35. The standard InChI is InChI=1S/C16H18N2O4/c19-14-6-1-2-7-17(14)12-4-3-5-13(9-12)18-10-11(16(21)22)8-15(18)20/h3-5,9,11H,1-2,6-8,10H2,(H,21,22). The molecule has 2 heterocycles. The molecule has 0 aliphatic carbocycles. The zero-order chi connectivity index (χ0) is 15.7. The van der Waals surface area contributed by atoms with Crippen molar-refractivity contribution in [2.75, 3.05) is 22.9 Å². The van der Waals surface area contributed by atoms with Crippen molar-refractivity contribution in [2.24, 2.45) is 5.92 Å². The molecule has 2 fully saturated rings. The molecule has 2 saturated heterocycles. The summed E-state index contributed by atoms with van der Waals surface area (Å²) < 4.78 is 0. The van der Waals surface area contributed by atoms with Crippen molar-refractivity contribution in [2.45, 2.75) is 25.7 Å². The number of aliphatic carboxylic acids is 1. The van der Waals surface area contributed by atoms with Crippen molar-refractivity contribution >= 4 is 29.2 Å². The van der Waals surface area contributed by atoms with Crippen LogP contribution in [0.5, 0.6) is 0 Å². The molecule has 0 spiro atoms. The predicted octanol–water partition coefficient (Wildman–Crippen LogP) is 1.64. The Kier molecular flexibility index (Phi) is 3.83. The number of carboxylic acids is 1. The van der Waals surface area contributed by atoms with Gasteiger partial charge in [-0.05, 0) is 31.0 Å². The van der Waals surface area contributed by atoms with Crippen molar-refractivity contribution in [3.8, 4) is 0 Å². The van der Waals surface area contributed by atoms with Crippen molar-refractivity contribution in [3.05, 3.63) is 24.3 Å². The van der Waals surface area contributed by atoms with Gasteiger partial charge >= 0.3 is 5.97 Å². The summed E-state index contributed by atoms with van der Waals surface area (Å²) in [6, 6.07) is 7.22. The predicted molar refractivity (Wildman–Crippen MR) is 80.7 cm³/mol. The van der Waals surface area contributed by atoms with E-state index >= 15 is 0 Å². The number of amides is 2. The van der Waals surface area contributed by atoms with Gasteiger partial charge in [0, 0.05) is 37.3 Å². The number of rotatable bonds is 3. The van der Waals surface area contributed by atoms with Crippen LogP contribution in [0.3, 0.4) is 0 Å². The number of hydrogen-bond acceptors (Lipinski definition) is 3. The molecule has 2 aliphatic heterocycles. The van der Waals surface area contributed by atoms with Crippen LogP contribution in [0.1, 0.15) is 25.7 Å². The molecule has 0 saturated carbocycles. The van der Waals surface area contributed by atoms with Crippen LogP contribution in [0.15, 0.2) is 24.3 Å². The van der Waals surface area contributed by atoms with Crippen molar-refractivity contribution in [1.82, 2.24) is 0 Å². The molecule has 1 N–H and O–H groups in total. The van der Waals surface area contributed by atoms with Gasteiger partial charge in [-0.25, -0.2) is 0 Å². The quantitative estimate of drug-likeness (QED) is 0.920. The largest absolute Gasteiger partial charge is 0.481 e. The minimum Gasteiger partial charge on any atom is -0.481 e. The number of carbonyl (C=O) groups excluding carboxylic acids is 2. The van der Waals surface area contributed by atoms with Crippen LogP contribution < -0.4 is 9.80 Å². The average molecular weight is 302 g/mol. The molecule has 1 aromatic carbocycles. The Morgan fingerprint density at radius 3 is 2.45 bits per heavy atom. The van der Waals surface area contributed by atoms with E-state index in [0.717, 1.165) is 18.5 Å². The molecule has 1 atom stereocenters. The Bertz CT molecular complexity index is 628. The lowest BCUT2D eigenvalue weighted by atomic mass is 10.1.